The lowest BCUT2D eigenvalue weighted by Crippen LogP contribution is -2.50. The molecule has 1 atom stereocenters. The fourth-order valence-corrected chi connectivity index (χ4v) is 8.12. The molecular weight excluding hydrogens is 709 g/mol. The molecule has 2 saturated heterocycles. The maximum absolute atomic E-state index is 12.4. The van der Waals surface area contributed by atoms with Crippen molar-refractivity contribution in [2.45, 2.75) is 64.3 Å². The van der Waals surface area contributed by atoms with Crippen LogP contribution < -0.4 is 20.4 Å². The third kappa shape index (κ3) is 7.61. The van der Waals surface area contributed by atoms with Crippen LogP contribution in [0, 0.1) is 35.5 Å². The molecule has 286 valence electrons. The molecule has 1 saturated carbocycles. The second kappa shape index (κ2) is 15.8. The van der Waals surface area contributed by atoms with Gasteiger partial charge in [-0.2, -0.15) is 20.3 Å². The highest BCUT2D eigenvalue weighted by Crippen LogP contribution is 2.37. The summed E-state index contributed by atoms with van der Waals surface area (Å²) in [7, 11) is 0. The van der Waals surface area contributed by atoms with Crippen LogP contribution in [0.25, 0.3) is 22.5 Å². The Bertz CT molecular complexity index is 2340. The summed E-state index contributed by atoms with van der Waals surface area (Å²) in [5.41, 5.74) is 6.39. The van der Waals surface area contributed by atoms with E-state index in [1.54, 1.807) is 39.6 Å². The number of carbonyl (C=O) groups excluding carboxylic acids is 2. The van der Waals surface area contributed by atoms with Crippen LogP contribution in [0.4, 0.5) is 21.9 Å². The van der Waals surface area contributed by atoms with E-state index in [4.69, 9.17) is 0 Å². The van der Waals surface area contributed by atoms with E-state index in [0.29, 0.717) is 53.2 Å². The largest absolute Gasteiger partial charge is 0.369 e. The molecule has 3 amide bonds. The van der Waals surface area contributed by atoms with Gasteiger partial charge in [0.25, 0.3) is 0 Å². The summed E-state index contributed by atoms with van der Waals surface area (Å²) in [4.78, 5) is 39.7. The van der Waals surface area contributed by atoms with Crippen molar-refractivity contribution >= 4 is 40.0 Å². The summed E-state index contributed by atoms with van der Waals surface area (Å²) in [6, 6.07) is 13.3. The van der Waals surface area contributed by atoms with Gasteiger partial charge in [-0.05, 0) is 88.2 Å². The molecule has 3 aliphatic rings. The summed E-state index contributed by atoms with van der Waals surface area (Å²) in [6.07, 6.45) is 12.8. The van der Waals surface area contributed by atoms with Gasteiger partial charge in [-0.25, -0.2) is 19.4 Å². The number of nitrogens with zero attached hydrogens (tertiary/aromatic N) is 12. The average Bonchev–Trinajstić information content (AvgIpc) is 3.89. The van der Waals surface area contributed by atoms with Crippen molar-refractivity contribution in [1.29, 1.82) is 10.5 Å². The van der Waals surface area contributed by atoms with E-state index < -0.39 is 6.04 Å². The predicted octanol–water partition coefficient (Wildman–Crippen LogP) is 4.83. The highest BCUT2D eigenvalue weighted by atomic mass is 16.2. The molecule has 3 fully saturated rings. The van der Waals surface area contributed by atoms with Gasteiger partial charge in [0.15, 0.2) is 11.5 Å². The first-order chi connectivity index (χ1) is 27.3. The number of urea groups is 1. The molecule has 16 nitrogen and oxygen atoms in total. The predicted molar refractivity (Wildman–Crippen MR) is 210 cm³/mol. The molecule has 1 aromatic carbocycles. The van der Waals surface area contributed by atoms with Gasteiger partial charge in [-0.1, -0.05) is 5.21 Å². The Kier molecular flexibility index (Phi) is 10.3. The lowest BCUT2D eigenvalue weighted by Gasteiger charge is -2.37. The monoisotopic (exact) mass is 752 g/mol. The smallest absolute Gasteiger partial charge is 0.328 e. The van der Waals surface area contributed by atoms with E-state index in [2.05, 4.69) is 70.1 Å². The van der Waals surface area contributed by atoms with Gasteiger partial charge < -0.3 is 10.2 Å². The van der Waals surface area contributed by atoms with Crippen molar-refractivity contribution < 1.29 is 9.59 Å². The maximum atomic E-state index is 12.4. The molecule has 6 heterocycles. The molecule has 56 heavy (non-hydrogen) atoms. The molecular formula is C40H44N14O2. The van der Waals surface area contributed by atoms with E-state index in [-0.39, 0.29) is 11.9 Å². The Morgan fingerprint density at radius 1 is 0.964 bits per heavy atom. The molecule has 0 unspecified atom stereocenters. The van der Waals surface area contributed by atoms with Crippen molar-refractivity contribution in [3.05, 3.63) is 71.9 Å². The summed E-state index contributed by atoms with van der Waals surface area (Å²) in [5, 5.41) is 38.8. The first-order valence-electron chi connectivity index (χ1n) is 19.3. The number of piperazine rings is 1. The fraction of sp³-hybridized carbons (Fsp3) is 0.425. The number of aromatic nitrogens is 7. The number of rotatable bonds is 10. The number of anilines is 3. The zero-order chi connectivity index (χ0) is 38.8. The number of hydrogen-bond donors (Lipinski definition) is 2. The molecule has 4 aromatic heterocycles. The van der Waals surface area contributed by atoms with Crippen LogP contribution in [0.2, 0.25) is 0 Å². The summed E-state index contributed by atoms with van der Waals surface area (Å²) in [6.45, 7) is 9.29. The second-order valence-electron chi connectivity index (χ2n) is 15.0. The number of pyridine rings is 2. The van der Waals surface area contributed by atoms with Gasteiger partial charge in [0.2, 0.25) is 5.91 Å². The van der Waals surface area contributed by atoms with Crippen LogP contribution in [-0.2, 0) is 4.79 Å². The molecule has 0 bridgehead atoms. The fourth-order valence-electron chi connectivity index (χ4n) is 8.12. The number of imide groups is 1. The molecule has 0 spiro atoms. The van der Waals surface area contributed by atoms with Crippen LogP contribution in [0.5, 0.6) is 0 Å². The number of fused-ring (bicyclic) bond motifs is 1. The molecule has 2 aliphatic heterocycles. The molecule has 16 heteroatoms. The number of benzene rings is 1. The van der Waals surface area contributed by atoms with E-state index >= 15 is 0 Å². The number of amides is 3. The SMILES string of the molecule is Cc1cc(N2CCN(CCC3CCC(c4cn(-c5cnc(-n6ncc7cc(C#N)cnc76)cc5N[C@H](C)C#N)nn4)CC3)CC2)ccc1N1CCC(=O)NC1=O. The van der Waals surface area contributed by atoms with Crippen LogP contribution >= 0.6 is 0 Å². The molecule has 0 radical (unpaired) electrons. The highest BCUT2D eigenvalue weighted by molar-refractivity contribution is 6.06. The first kappa shape index (κ1) is 36.6. The van der Waals surface area contributed by atoms with E-state index in [0.717, 1.165) is 80.7 Å². The number of hydrogen-bond acceptors (Lipinski definition) is 12. The van der Waals surface area contributed by atoms with E-state index in [9.17, 15) is 20.1 Å². The van der Waals surface area contributed by atoms with Crippen molar-refractivity contribution in [2.75, 3.05) is 54.4 Å². The molecule has 8 rings (SSSR count). The van der Waals surface area contributed by atoms with E-state index in [1.165, 1.54) is 18.3 Å². The first-order valence-corrected chi connectivity index (χ1v) is 19.3. The van der Waals surface area contributed by atoms with Gasteiger partial charge in [0, 0.05) is 74.1 Å². The van der Waals surface area contributed by atoms with Gasteiger partial charge in [0.1, 0.15) is 17.8 Å². The van der Waals surface area contributed by atoms with Crippen LogP contribution in [0.15, 0.2) is 55.1 Å². The Balaban J connectivity index is 0.841. The third-order valence-corrected chi connectivity index (χ3v) is 11.3. The second-order valence-corrected chi connectivity index (χ2v) is 15.0. The minimum atomic E-state index is -0.467. The summed E-state index contributed by atoms with van der Waals surface area (Å²) in [5.74, 6) is 1.32. The van der Waals surface area contributed by atoms with Crippen molar-refractivity contribution in [3.63, 3.8) is 0 Å². The number of nitrogens with one attached hydrogen (secondary N) is 2. The third-order valence-electron chi connectivity index (χ3n) is 11.3. The van der Waals surface area contributed by atoms with Crippen LogP contribution in [0.3, 0.4) is 0 Å². The normalized spacial score (nSPS) is 19.7. The van der Waals surface area contributed by atoms with Crippen LogP contribution in [-0.4, -0.2) is 96.9 Å². The number of nitriles is 2. The quantitative estimate of drug-likeness (QED) is 0.198. The Morgan fingerprint density at radius 3 is 2.54 bits per heavy atom. The van der Waals surface area contributed by atoms with Gasteiger partial charge in [-0.3, -0.25) is 19.9 Å². The van der Waals surface area contributed by atoms with Gasteiger partial charge in [-0.15, -0.1) is 5.10 Å². The lowest BCUT2D eigenvalue weighted by atomic mass is 9.79. The standard InChI is InChI=1S/C40H44N14O2/c1-26-17-32(7-8-35(26)52-12-10-38(55)47-40(52)56)51-15-13-50(14-16-51)11-9-28-3-5-30(6-4-28)34-25-53(49-48-34)36-24-43-37(19-33(36)46-27(2)20-41)54-39-31(23-45-54)18-29(21-42)22-44-39/h7-8,17-19,22-25,27-28,30H,3-6,9-16H2,1-2H3,(H,43,46)(H,47,55,56)/t27-,28?,30?/m1/s1. The van der Waals surface area contributed by atoms with Crippen LogP contribution in [0.1, 0.15) is 68.2 Å². The Morgan fingerprint density at radius 2 is 1.79 bits per heavy atom. The highest BCUT2D eigenvalue weighted by Gasteiger charge is 2.28. The Labute approximate surface area is 324 Å². The summed E-state index contributed by atoms with van der Waals surface area (Å²) >= 11 is 0. The number of aryl methyl sites for hydroxylation is 1. The average molecular weight is 753 g/mol. The Hall–Kier alpha value is -6.39. The van der Waals surface area contributed by atoms with Gasteiger partial charge >= 0.3 is 6.03 Å². The maximum Gasteiger partial charge on any atom is 0.328 e. The molecule has 1 aliphatic carbocycles. The minimum absolute atomic E-state index is 0.223. The van der Waals surface area contributed by atoms with Crippen molar-refractivity contribution in [2.24, 2.45) is 5.92 Å². The molecule has 5 aromatic rings. The van der Waals surface area contributed by atoms with Crippen molar-refractivity contribution in [3.8, 4) is 23.6 Å². The van der Waals surface area contributed by atoms with E-state index in [1.807, 2.05) is 25.3 Å². The zero-order valence-electron chi connectivity index (χ0n) is 31.6. The lowest BCUT2D eigenvalue weighted by molar-refractivity contribution is -0.120. The minimum Gasteiger partial charge on any atom is -0.369 e. The van der Waals surface area contributed by atoms with Crippen molar-refractivity contribution in [1.82, 2.24) is 45.0 Å². The summed E-state index contributed by atoms with van der Waals surface area (Å²) < 4.78 is 3.34. The topological polar surface area (TPSA) is 190 Å². The van der Waals surface area contributed by atoms with Gasteiger partial charge in [0.05, 0.1) is 41.6 Å². The number of carbonyl (C=O) groups is 2. The molecule has 2 N–H and O–H groups in total. The zero-order valence-corrected chi connectivity index (χ0v) is 31.6.